The van der Waals surface area contributed by atoms with E-state index in [9.17, 15) is 5.11 Å². The van der Waals surface area contributed by atoms with Crippen molar-refractivity contribution in [2.45, 2.75) is 38.5 Å². The Morgan fingerprint density at radius 1 is 0.966 bits per heavy atom. The lowest BCUT2D eigenvalue weighted by atomic mass is 9.92. The van der Waals surface area contributed by atoms with Gasteiger partial charge in [-0.2, -0.15) is 0 Å². The Hall–Kier alpha value is -2.08. The molecule has 0 amide bonds. The van der Waals surface area contributed by atoms with Crippen molar-refractivity contribution in [3.05, 3.63) is 59.7 Å². The molecule has 0 saturated carbocycles. The Morgan fingerprint density at radius 3 is 2.41 bits per heavy atom. The van der Waals surface area contributed by atoms with E-state index in [1.165, 1.54) is 5.56 Å². The van der Waals surface area contributed by atoms with Crippen molar-refractivity contribution in [2.75, 3.05) is 39.8 Å². The standard InChI is InChI=1S/C24H33N3O2/c1-24(2)18-26(14-19-8-10-22(29-3)11-9-19)17-21-16-25(12-13-27(21)24)15-20-6-4-5-7-23(20)28/h4-11,21,28H,12-18H2,1-3H3. The number of aromatic hydroxyl groups is 1. The van der Waals surface area contributed by atoms with Crippen LogP contribution in [0.2, 0.25) is 0 Å². The van der Waals surface area contributed by atoms with Crippen LogP contribution < -0.4 is 4.74 Å². The monoisotopic (exact) mass is 395 g/mol. The molecule has 1 unspecified atom stereocenters. The van der Waals surface area contributed by atoms with E-state index in [4.69, 9.17) is 4.74 Å². The van der Waals surface area contributed by atoms with Gasteiger partial charge in [0, 0.05) is 63.0 Å². The highest BCUT2D eigenvalue weighted by atomic mass is 16.5. The first-order valence-corrected chi connectivity index (χ1v) is 10.6. The molecule has 2 saturated heterocycles. The third-order valence-corrected chi connectivity index (χ3v) is 6.37. The Balaban J connectivity index is 1.43. The van der Waals surface area contributed by atoms with Gasteiger partial charge in [0.1, 0.15) is 11.5 Å². The predicted octanol–water partition coefficient (Wildman–Crippen LogP) is 3.18. The molecule has 5 heteroatoms. The number of rotatable bonds is 5. The second-order valence-corrected chi connectivity index (χ2v) is 9.04. The summed E-state index contributed by atoms with van der Waals surface area (Å²) in [6, 6.07) is 16.7. The van der Waals surface area contributed by atoms with Gasteiger partial charge in [0.15, 0.2) is 0 Å². The number of benzene rings is 2. The average molecular weight is 396 g/mol. The summed E-state index contributed by atoms with van der Waals surface area (Å²) in [5.74, 6) is 1.31. The molecule has 156 valence electrons. The minimum Gasteiger partial charge on any atom is -0.508 e. The summed E-state index contributed by atoms with van der Waals surface area (Å²) in [6.07, 6.45) is 0. The van der Waals surface area contributed by atoms with E-state index in [0.29, 0.717) is 11.8 Å². The lowest BCUT2D eigenvalue weighted by molar-refractivity contribution is -0.0685. The van der Waals surface area contributed by atoms with Crippen LogP contribution in [0, 0.1) is 0 Å². The number of piperazine rings is 2. The third-order valence-electron chi connectivity index (χ3n) is 6.37. The number of hydrogen-bond donors (Lipinski definition) is 1. The van der Waals surface area contributed by atoms with E-state index in [1.54, 1.807) is 13.2 Å². The van der Waals surface area contributed by atoms with Gasteiger partial charge in [-0.25, -0.2) is 0 Å². The van der Waals surface area contributed by atoms with Crippen LogP contribution in [-0.4, -0.2) is 71.2 Å². The van der Waals surface area contributed by atoms with Crippen LogP contribution in [0.3, 0.4) is 0 Å². The Bertz CT molecular complexity index is 821. The molecule has 2 heterocycles. The van der Waals surface area contributed by atoms with Gasteiger partial charge in [-0.3, -0.25) is 14.7 Å². The average Bonchev–Trinajstić information content (AvgIpc) is 2.69. The predicted molar refractivity (Wildman–Crippen MR) is 116 cm³/mol. The third kappa shape index (κ3) is 4.58. The molecule has 1 atom stereocenters. The van der Waals surface area contributed by atoms with E-state index in [0.717, 1.165) is 57.1 Å². The highest BCUT2D eigenvalue weighted by Crippen LogP contribution is 2.30. The van der Waals surface area contributed by atoms with Crippen LogP contribution in [-0.2, 0) is 13.1 Å². The fraction of sp³-hybridized carbons (Fsp3) is 0.500. The molecule has 1 N–H and O–H groups in total. The zero-order valence-electron chi connectivity index (χ0n) is 17.8. The van der Waals surface area contributed by atoms with Crippen LogP contribution in [0.15, 0.2) is 48.5 Å². The van der Waals surface area contributed by atoms with E-state index >= 15 is 0 Å². The number of phenolic OH excluding ortho intramolecular Hbond substituents is 1. The quantitative estimate of drug-likeness (QED) is 0.842. The highest BCUT2D eigenvalue weighted by molar-refractivity contribution is 5.31. The van der Waals surface area contributed by atoms with Crippen LogP contribution in [0.4, 0.5) is 0 Å². The van der Waals surface area contributed by atoms with Gasteiger partial charge in [-0.1, -0.05) is 30.3 Å². The first-order valence-electron chi connectivity index (χ1n) is 10.6. The molecule has 2 aliphatic rings. The van der Waals surface area contributed by atoms with Gasteiger partial charge in [-0.15, -0.1) is 0 Å². The number of nitrogens with zero attached hydrogens (tertiary/aromatic N) is 3. The van der Waals surface area contributed by atoms with Crippen LogP contribution >= 0.6 is 0 Å². The van der Waals surface area contributed by atoms with Crippen molar-refractivity contribution in [3.8, 4) is 11.5 Å². The van der Waals surface area contributed by atoms with E-state index in [2.05, 4.69) is 40.7 Å². The molecule has 2 fully saturated rings. The smallest absolute Gasteiger partial charge is 0.120 e. The molecule has 0 bridgehead atoms. The molecular weight excluding hydrogens is 362 g/mol. The Labute approximate surface area is 174 Å². The summed E-state index contributed by atoms with van der Waals surface area (Å²) in [4.78, 5) is 7.77. The zero-order valence-corrected chi connectivity index (χ0v) is 17.8. The summed E-state index contributed by atoms with van der Waals surface area (Å²) in [5, 5.41) is 10.1. The van der Waals surface area contributed by atoms with Gasteiger partial charge in [0.05, 0.1) is 7.11 Å². The summed E-state index contributed by atoms with van der Waals surface area (Å²) in [5.41, 5.74) is 2.51. The number of methoxy groups -OCH3 is 1. The minimum atomic E-state index is 0.163. The lowest BCUT2D eigenvalue weighted by Crippen LogP contribution is -2.69. The maximum Gasteiger partial charge on any atom is 0.120 e. The van der Waals surface area contributed by atoms with E-state index in [-0.39, 0.29) is 5.54 Å². The zero-order chi connectivity index (χ0) is 20.4. The summed E-state index contributed by atoms with van der Waals surface area (Å²) < 4.78 is 5.29. The Morgan fingerprint density at radius 2 is 1.69 bits per heavy atom. The van der Waals surface area contributed by atoms with Crippen LogP contribution in [0.1, 0.15) is 25.0 Å². The van der Waals surface area contributed by atoms with Crippen molar-refractivity contribution in [1.29, 1.82) is 0 Å². The molecule has 2 aliphatic heterocycles. The van der Waals surface area contributed by atoms with Crippen LogP contribution in [0.5, 0.6) is 11.5 Å². The topological polar surface area (TPSA) is 39.2 Å². The minimum absolute atomic E-state index is 0.163. The number of ether oxygens (including phenoxy) is 1. The Kier molecular flexibility index (Phi) is 5.81. The van der Waals surface area contributed by atoms with Gasteiger partial charge in [-0.05, 0) is 37.6 Å². The van der Waals surface area contributed by atoms with Crippen molar-refractivity contribution < 1.29 is 9.84 Å². The van der Waals surface area contributed by atoms with Gasteiger partial charge < -0.3 is 9.84 Å². The molecular formula is C24H33N3O2. The van der Waals surface area contributed by atoms with E-state index < -0.39 is 0 Å². The van der Waals surface area contributed by atoms with Gasteiger partial charge in [0.2, 0.25) is 0 Å². The second kappa shape index (κ2) is 8.34. The van der Waals surface area contributed by atoms with Crippen molar-refractivity contribution in [3.63, 3.8) is 0 Å². The molecule has 2 aromatic rings. The molecule has 4 rings (SSSR count). The SMILES string of the molecule is COc1ccc(CN2CC3CN(Cc4ccccc4O)CCN3C(C)(C)C2)cc1. The summed E-state index contributed by atoms with van der Waals surface area (Å²) >= 11 is 0. The number of fused-ring (bicyclic) bond motifs is 1. The number of para-hydroxylation sites is 1. The molecule has 29 heavy (non-hydrogen) atoms. The molecule has 0 aromatic heterocycles. The maximum atomic E-state index is 10.1. The number of phenols is 1. The van der Waals surface area contributed by atoms with E-state index in [1.807, 2.05) is 30.3 Å². The summed E-state index contributed by atoms with van der Waals surface area (Å²) in [6.45, 7) is 11.9. The first kappa shape index (κ1) is 20.2. The normalized spacial score (nSPS) is 22.9. The van der Waals surface area contributed by atoms with Crippen molar-refractivity contribution in [1.82, 2.24) is 14.7 Å². The molecule has 0 radical (unpaired) electrons. The summed E-state index contributed by atoms with van der Waals surface area (Å²) in [7, 11) is 1.71. The van der Waals surface area contributed by atoms with Gasteiger partial charge >= 0.3 is 0 Å². The highest BCUT2D eigenvalue weighted by Gasteiger charge is 2.42. The lowest BCUT2D eigenvalue weighted by Gasteiger charge is -2.55. The van der Waals surface area contributed by atoms with Gasteiger partial charge in [0.25, 0.3) is 0 Å². The van der Waals surface area contributed by atoms with Crippen molar-refractivity contribution >= 4 is 0 Å². The molecule has 5 nitrogen and oxygen atoms in total. The molecule has 0 spiro atoms. The molecule has 0 aliphatic carbocycles. The maximum absolute atomic E-state index is 10.1. The second-order valence-electron chi connectivity index (χ2n) is 9.04. The number of hydrogen-bond acceptors (Lipinski definition) is 5. The van der Waals surface area contributed by atoms with Crippen LogP contribution in [0.25, 0.3) is 0 Å². The fourth-order valence-corrected chi connectivity index (χ4v) is 5.01. The molecule has 2 aromatic carbocycles. The largest absolute Gasteiger partial charge is 0.508 e. The first-order chi connectivity index (χ1) is 13.9. The van der Waals surface area contributed by atoms with Crippen molar-refractivity contribution in [2.24, 2.45) is 0 Å². The fourth-order valence-electron chi connectivity index (χ4n) is 5.01.